The molecule has 8 aliphatic rings. The van der Waals surface area contributed by atoms with Crippen molar-refractivity contribution in [1.29, 1.82) is 0 Å². The molecule has 8 bridgehead atoms. The van der Waals surface area contributed by atoms with E-state index in [9.17, 15) is 39.0 Å². The molecule has 0 amide bonds. The zero-order valence-electron chi connectivity index (χ0n) is 35.3. The SMILES string of the molecule is CC(C)(C)C(=O)OC1C2CC3CC1CC(C(=O)OC(O)CO)(C3)C2.CC(C)(C)C(=O)OC1C2CC3CC1CC(C(=O)OC(O)CO[C-]=O)(C3)C2.II.O=[C-]n1ccnc1.[W].[W]. The predicted molar refractivity (Wildman–Crippen MR) is 225 cm³/mol. The number of imidazole rings is 1. The molecule has 8 fully saturated rings. The Balaban J connectivity index is 0.000000341. The van der Waals surface area contributed by atoms with Gasteiger partial charge in [0.15, 0.2) is 0 Å². The van der Waals surface area contributed by atoms with E-state index in [1.165, 1.54) is 29.8 Å². The van der Waals surface area contributed by atoms with Crippen molar-refractivity contribution in [2.24, 2.45) is 57.2 Å². The molecule has 16 nitrogen and oxygen atoms in total. The maximum Gasteiger partial charge on any atom is 0.314 e. The maximum atomic E-state index is 12.7. The molecular formula is C41H58I2N2O14W2-2. The van der Waals surface area contributed by atoms with Crippen LogP contribution in [0.15, 0.2) is 18.7 Å². The van der Waals surface area contributed by atoms with Crippen LogP contribution >= 0.6 is 37.2 Å². The molecule has 6 unspecified atom stereocenters. The quantitative estimate of drug-likeness (QED) is 0.0880. The molecular weight excluding hydrogens is 1370 g/mol. The monoisotopic (exact) mass is 1420 g/mol. The molecule has 6 atom stereocenters. The standard InChI is InChI=1S/C19H27O7.C18H28O6.C4H3N2O.I2.2W/c1-18(2,3)16(22)26-15-12-4-11-5-13(15)8-19(6-11,7-12)17(23)25-14(21)9-24-10-20;1-17(2,3)15(21)24-14-11-4-10-5-12(14)8-18(6-10,7-11)16(22)23-13(20)9-19;7-4-6-2-1-5-3-6;1-2;;/h11-15,21H,4-9H2,1-3H3;10-14,19-20H,4-9H2,1-3H3;1-3H;;;/q-1;;-1;;;. The Morgan fingerprint density at radius 3 is 1.43 bits per heavy atom. The van der Waals surface area contributed by atoms with Crippen LogP contribution in [0.25, 0.3) is 0 Å². The molecule has 61 heavy (non-hydrogen) atoms. The Bertz CT molecular complexity index is 1590. The summed E-state index contributed by atoms with van der Waals surface area (Å²) in [6.07, 6.45) is 10.7. The third kappa shape index (κ3) is 14.2. The summed E-state index contributed by atoms with van der Waals surface area (Å²) in [6.45, 7) is 11.2. The summed E-state index contributed by atoms with van der Waals surface area (Å²) in [5, 5.41) is 28.0. The van der Waals surface area contributed by atoms with Crippen molar-refractivity contribution in [2.75, 3.05) is 13.2 Å². The summed E-state index contributed by atoms with van der Waals surface area (Å²) in [4.78, 5) is 73.2. The predicted octanol–water partition coefficient (Wildman–Crippen LogP) is 4.91. The number of carbonyl (C=O) groups excluding carboxylic acids is 6. The molecule has 20 heteroatoms. The second-order valence-corrected chi connectivity index (χ2v) is 19.1. The van der Waals surface area contributed by atoms with Crippen LogP contribution in [0, 0.1) is 57.2 Å². The summed E-state index contributed by atoms with van der Waals surface area (Å²) >= 11 is 4.24. The number of nitrogens with zero attached hydrogens (tertiary/aromatic N) is 2. The summed E-state index contributed by atoms with van der Waals surface area (Å²) in [7, 11) is 0. The van der Waals surface area contributed by atoms with Crippen LogP contribution in [0.2, 0.25) is 0 Å². The van der Waals surface area contributed by atoms with Gasteiger partial charge in [-0.25, -0.2) is 0 Å². The van der Waals surface area contributed by atoms with E-state index < -0.39 is 59.4 Å². The van der Waals surface area contributed by atoms with Gasteiger partial charge >= 0.3 is 23.9 Å². The van der Waals surface area contributed by atoms with Crippen molar-refractivity contribution >= 4 is 74.0 Å². The van der Waals surface area contributed by atoms with Crippen LogP contribution in [-0.4, -0.2) is 99.6 Å². The Hall–Kier alpha value is -1.05. The zero-order chi connectivity index (χ0) is 43.9. The summed E-state index contributed by atoms with van der Waals surface area (Å²) in [5.41, 5.74) is -2.30. The number of rotatable bonds is 11. The molecule has 0 saturated heterocycles. The van der Waals surface area contributed by atoms with E-state index in [1.54, 1.807) is 6.41 Å². The number of ether oxygens (including phenoxy) is 5. The van der Waals surface area contributed by atoms with Gasteiger partial charge in [0.1, 0.15) is 31.8 Å². The van der Waals surface area contributed by atoms with Gasteiger partial charge in [-0.2, -0.15) is 0 Å². The van der Waals surface area contributed by atoms with Crippen molar-refractivity contribution in [3.8, 4) is 0 Å². The molecule has 0 radical (unpaired) electrons. The van der Waals surface area contributed by atoms with Crippen LogP contribution in [-0.2, 0) is 94.6 Å². The minimum Gasteiger partial charge on any atom is -0.649 e. The van der Waals surface area contributed by atoms with Crippen LogP contribution < -0.4 is 0 Å². The average molecular weight is 1420 g/mol. The fourth-order valence-electron chi connectivity index (χ4n) is 10.4. The largest absolute Gasteiger partial charge is 0.649 e. The van der Waals surface area contributed by atoms with Gasteiger partial charge in [0.25, 0.3) is 0 Å². The number of esters is 4. The first-order chi connectivity index (χ1) is 27.7. The van der Waals surface area contributed by atoms with Crippen molar-refractivity contribution in [1.82, 2.24) is 9.55 Å². The maximum absolute atomic E-state index is 12.7. The van der Waals surface area contributed by atoms with E-state index in [-0.39, 0.29) is 89.9 Å². The van der Waals surface area contributed by atoms with Crippen molar-refractivity contribution in [3.63, 3.8) is 0 Å². The molecule has 0 aromatic carbocycles. The molecule has 1 heterocycles. The van der Waals surface area contributed by atoms with Crippen LogP contribution in [0.1, 0.15) is 106 Å². The van der Waals surface area contributed by atoms with E-state index in [0.717, 1.165) is 38.5 Å². The number of aliphatic hydroxyl groups is 3. The van der Waals surface area contributed by atoms with Crippen LogP contribution in [0.3, 0.4) is 0 Å². The number of hydrogen-bond donors (Lipinski definition) is 3. The minimum absolute atomic E-state index is 0. The Labute approximate surface area is 409 Å². The number of aliphatic hydroxyl groups excluding tert-OH is 3. The van der Waals surface area contributed by atoms with Gasteiger partial charge in [0, 0.05) is 79.4 Å². The van der Waals surface area contributed by atoms with E-state index in [1.807, 2.05) is 41.5 Å². The topological polar surface area (TPSA) is 227 Å². The summed E-state index contributed by atoms with van der Waals surface area (Å²) < 4.78 is 27.3. The van der Waals surface area contributed by atoms with Crippen LogP contribution in [0.4, 0.5) is 0 Å². The average Bonchev–Trinajstić information content (AvgIpc) is 3.71. The van der Waals surface area contributed by atoms with Crippen molar-refractivity contribution in [2.45, 2.75) is 131 Å². The first-order valence-corrected chi connectivity index (χ1v) is 26.3. The van der Waals surface area contributed by atoms with Gasteiger partial charge in [-0.1, -0.05) is 12.7 Å². The fraction of sp³-hybridized carbons (Fsp3) is 0.780. The summed E-state index contributed by atoms with van der Waals surface area (Å²) in [6, 6.07) is 0. The Morgan fingerprint density at radius 1 is 0.738 bits per heavy atom. The zero-order valence-corrected chi connectivity index (χ0v) is 45.5. The minimum atomic E-state index is -1.48. The van der Waals surface area contributed by atoms with E-state index in [0.29, 0.717) is 37.5 Å². The van der Waals surface area contributed by atoms with Crippen molar-refractivity contribution in [3.05, 3.63) is 18.7 Å². The van der Waals surface area contributed by atoms with E-state index in [2.05, 4.69) is 47.0 Å². The van der Waals surface area contributed by atoms with Gasteiger partial charge in [0.05, 0.1) is 21.7 Å². The smallest absolute Gasteiger partial charge is 0.314 e. The summed E-state index contributed by atoms with van der Waals surface area (Å²) in [5.74, 6) is 0.281. The fourth-order valence-corrected chi connectivity index (χ4v) is 10.4. The molecule has 344 valence electrons. The molecule has 1 aromatic rings. The van der Waals surface area contributed by atoms with E-state index in [4.69, 9.17) is 24.1 Å². The molecule has 8 aliphatic carbocycles. The third-order valence-corrected chi connectivity index (χ3v) is 12.5. The number of hydrogen-bond acceptors (Lipinski definition) is 15. The number of halogens is 2. The normalized spacial score (nSPS) is 31.8. The number of carbonyl (C=O) groups is 4. The molecule has 1 aromatic heterocycles. The molecule has 8 saturated carbocycles. The van der Waals surface area contributed by atoms with Crippen molar-refractivity contribution < 1.29 is 110 Å². The first kappa shape index (κ1) is 56.1. The first-order valence-electron chi connectivity index (χ1n) is 20.0. The Morgan fingerprint density at radius 2 is 1.13 bits per heavy atom. The van der Waals surface area contributed by atoms with E-state index >= 15 is 0 Å². The van der Waals surface area contributed by atoms with Gasteiger partial charge in [-0.15, -0.1) is 0 Å². The number of aromatic nitrogens is 2. The molecule has 0 spiro atoms. The van der Waals surface area contributed by atoms with Gasteiger partial charge in [-0.05, 0) is 154 Å². The van der Waals surface area contributed by atoms with Gasteiger partial charge in [-0.3, -0.25) is 19.2 Å². The van der Waals surface area contributed by atoms with Gasteiger partial charge in [0.2, 0.25) is 12.6 Å². The molecule has 3 N–H and O–H groups in total. The van der Waals surface area contributed by atoms with Crippen LogP contribution in [0.5, 0.6) is 0 Å². The third-order valence-electron chi connectivity index (χ3n) is 12.5. The Kier molecular flexibility index (Phi) is 22.0. The molecule has 9 rings (SSSR count). The van der Waals surface area contributed by atoms with Gasteiger partial charge < -0.3 is 58.1 Å². The second-order valence-electron chi connectivity index (χ2n) is 19.1. The second kappa shape index (κ2) is 23.9. The molecule has 0 aliphatic heterocycles.